The smallest absolute Gasteiger partial charge is 0.416 e. The third-order valence-electron chi connectivity index (χ3n) is 3.90. The van der Waals surface area contributed by atoms with Crippen LogP contribution in [0.25, 0.3) is 0 Å². The van der Waals surface area contributed by atoms with Crippen LogP contribution in [0.3, 0.4) is 0 Å². The van der Waals surface area contributed by atoms with Crippen LogP contribution in [-0.2, 0) is 10.9 Å². The van der Waals surface area contributed by atoms with Crippen LogP contribution in [-0.4, -0.2) is 23.4 Å². The van der Waals surface area contributed by atoms with Gasteiger partial charge in [0.05, 0.1) is 22.9 Å². The molecule has 1 atom stereocenters. The molecular formula is C21H23ClF3NO4. The quantitative estimate of drug-likeness (QED) is 0.576. The Morgan fingerprint density at radius 1 is 1.17 bits per heavy atom. The van der Waals surface area contributed by atoms with Crippen molar-refractivity contribution in [2.24, 2.45) is 0 Å². The summed E-state index contributed by atoms with van der Waals surface area (Å²) in [5.74, 6) is 0.282. The number of nitrogens with one attached hydrogen (secondary N) is 1. The van der Waals surface area contributed by atoms with E-state index in [1.54, 1.807) is 39.8 Å². The van der Waals surface area contributed by atoms with Crippen LogP contribution >= 0.6 is 11.6 Å². The van der Waals surface area contributed by atoms with Gasteiger partial charge in [-0.25, -0.2) is 4.79 Å². The maximum absolute atomic E-state index is 13.3. The highest BCUT2D eigenvalue weighted by atomic mass is 35.5. The number of aliphatic hydroxyl groups excluding tert-OH is 1. The monoisotopic (exact) mass is 445 g/mol. The molecule has 0 radical (unpaired) electrons. The second kappa shape index (κ2) is 9.14. The number of amides is 1. The highest BCUT2D eigenvalue weighted by molar-refractivity contribution is 6.32. The van der Waals surface area contributed by atoms with E-state index in [1.807, 2.05) is 0 Å². The summed E-state index contributed by atoms with van der Waals surface area (Å²) in [6, 6.07) is 7.24. The largest absolute Gasteiger partial charge is 0.492 e. The summed E-state index contributed by atoms with van der Waals surface area (Å²) in [6.45, 7) is 7.00. The lowest BCUT2D eigenvalue weighted by atomic mass is 9.97. The van der Waals surface area contributed by atoms with Crippen molar-refractivity contribution >= 4 is 23.4 Å². The van der Waals surface area contributed by atoms with Gasteiger partial charge in [0.15, 0.2) is 0 Å². The molecule has 0 saturated heterocycles. The molecule has 0 aliphatic rings. The number of hydrogen-bond donors (Lipinski definition) is 2. The first-order valence-corrected chi connectivity index (χ1v) is 9.51. The Bertz CT molecular complexity index is 910. The van der Waals surface area contributed by atoms with Crippen LogP contribution in [0.4, 0.5) is 23.7 Å². The number of carbonyl (C=O) groups is 1. The first-order valence-electron chi connectivity index (χ1n) is 9.14. The van der Waals surface area contributed by atoms with Crippen molar-refractivity contribution in [2.75, 3.05) is 11.9 Å². The summed E-state index contributed by atoms with van der Waals surface area (Å²) in [6.07, 6.45) is -7.08. The molecule has 1 unspecified atom stereocenters. The highest BCUT2D eigenvalue weighted by Gasteiger charge is 2.33. The predicted octanol–water partition coefficient (Wildman–Crippen LogP) is 6.19. The SMILES string of the molecule is CCOc1cccc(C(O)c2cc(C(F)(F)F)ccc2NC(=O)OC(C)(C)C)c1Cl. The van der Waals surface area contributed by atoms with Crippen molar-refractivity contribution in [1.29, 1.82) is 0 Å². The maximum Gasteiger partial charge on any atom is 0.416 e. The lowest BCUT2D eigenvalue weighted by Gasteiger charge is -2.23. The molecule has 0 bridgehead atoms. The van der Waals surface area contributed by atoms with Gasteiger partial charge < -0.3 is 14.6 Å². The topological polar surface area (TPSA) is 67.8 Å². The number of aliphatic hydroxyl groups is 1. The van der Waals surface area contributed by atoms with Crippen LogP contribution in [0.5, 0.6) is 5.75 Å². The third-order valence-corrected chi connectivity index (χ3v) is 4.30. The summed E-state index contributed by atoms with van der Waals surface area (Å²) in [4.78, 5) is 12.1. The lowest BCUT2D eigenvalue weighted by molar-refractivity contribution is -0.137. The van der Waals surface area contributed by atoms with Gasteiger partial charge in [0.1, 0.15) is 17.5 Å². The minimum absolute atomic E-state index is 0.0392. The summed E-state index contributed by atoms with van der Waals surface area (Å²) in [5, 5.41) is 13.3. The van der Waals surface area contributed by atoms with Gasteiger partial charge in [-0.1, -0.05) is 23.7 Å². The van der Waals surface area contributed by atoms with Gasteiger partial charge in [-0.3, -0.25) is 5.32 Å². The Balaban J connectivity index is 2.52. The number of benzene rings is 2. The van der Waals surface area contributed by atoms with E-state index in [0.717, 1.165) is 18.2 Å². The fourth-order valence-corrected chi connectivity index (χ4v) is 2.95. The minimum Gasteiger partial charge on any atom is -0.492 e. The van der Waals surface area contributed by atoms with Crippen molar-refractivity contribution in [3.63, 3.8) is 0 Å². The molecular weight excluding hydrogens is 423 g/mol. The van der Waals surface area contributed by atoms with Crippen LogP contribution in [0.15, 0.2) is 36.4 Å². The Kier molecular flexibility index (Phi) is 7.26. The van der Waals surface area contributed by atoms with Crippen LogP contribution in [0, 0.1) is 0 Å². The second-order valence-corrected chi connectivity index (χ2v) is 7.80. The van der Waals surface area contributed by atoms with E-state index >= 15 is 0 Å². The Labute approximate surface area is 177 Å². The third kappa shape index (κ3) is 6.03. The fraction of sp³-hybridized carbons (Fsp3) is 0.381. The first-order chi connectivity index (χ1) is 13.8. The van der Waals surface area contributed by atoms with Crippen molar-refractivity contribution in [3.05, 3.63) is 58.1 Å². The average molecular weight is 446 g/mol. The molecule has 0 fully saturated rings. The van der Waals surface area contributed by atoms with E-state index in [-0.39, 0.29) is 27.6 Å². The van der Waals surface area contributed by atoms with Gasteiger partial charge in [0, 0.05) is 11.1 Å². The molecule has 9 heteroatoms. The molecule has 2 aromatic carbocycles. The number of hydrogen-bond acceptors (Lipinski definition) is 4. The van der Waals surface area contributed by atoms with Gasteiger partial charge in [0.2, 0.25) is 0 Å². The predicted molar refractivity (Wildman–Crippen MR) is 108 cm³/mol. The normalized spacial score (nSPS) is 13.0. The van der Waals surface area contributed by atoms with Crippen molar-refractivity contribution < 1.29 is 32.5 Å². The van der Waals surface area contributed by atoms with E-state index in [9.17, 15) is 23.1 Å². The molecule has 1 amide bonds. The van der Waals surface area contributed by atoms with E-state index in [2.05, 4.69) is 5.32 Å². The maximum atomic E-state index is 13.3. The van der Waals surface area contributed by atoms with E-state index in [1.165, 1.54) is 6.07 Å². The molecule has 0 spiro atoms. The molecule has 2 aromatic rings. The lowest BCUT2D eigenvalue weighted by Crippen LogP contribution is -2.27. The summed E-state index contributed by atoms with van der Waals surface area (Å²) >= 11 is 6.29. The average Bonchev–Trinajstić information content (AvgIpc) is 2.61. The van der Waals surface area contributed by atoms with Crippen molar-refractivity contribution in [3.8, 4) is 5.75 Å². The van der Waals surface area contributed by atoms with Gasteiger partial charge in [-0.15, -0.1) is 0 Å². The molecule has 0 saturated carbocycles. The van der Waals surface area contributed by atoms with Crippen molar-refractivity contribution in [1.82, 2.24) is 0 Å². The Hall–Kier alpha value is -2.45. The minimum atomic E-state index is -4.64. The number of carbonyl (C=O) groups excluding carboxylic acids is 1. The fourth-order valence-electron chi connectivity index (χ4n) is 2.67. The number of halogens is 4. The molecule has 0 aliphatic carbocycles. The molecule has 0 aromatic heterocycles. The number of anilines is 1. The molecule has 164 valence electrons. The molecule has 2 N–H and O–H groups in total. The second-order valence-electron chi connectivity index (χ2n) is 7.42. The first kappa shape index (κ1) is 23.8. The zero-order chi connectivity index (χ0) is 22.7. The number of ether oxygens (including phenoxy) is 2. The molecule has 0 heterocycles. The highest BCUT2D eigenvalue weighted by Crippen LogP contribution is 2.39. The van der Waals surface area contributed by atoms with Gasteiger partial charge in [-0.2, -0.15) is 13.2 Å². The molecule has 2 rings (SSSR count). The van der Waals surface area contributed by atoms with Gasteiger partial charge in [-0.05, 0) is 52.0 Å². The summed E-state index contributed by atoms with van der Waals surface area (Å²) in [5.41, 5.74) is -1.89. The molecule has 30 heavy (non-hydrogen) atoms. The van der Waals surface area contributed by atoms with Gasteiger partial charge in [0.25, 0.3) is 0 Å². The standard InChI is InChI=1S/C21H23ClF3NO4/c1-5-29-16-8-6-7-13(17(16)22)18(27)14-11-12(21(23,24)25)9-10-15(14)26-19(28)30-20(2,3)4/h6-11,18,27H,5H2,1-4H3,(H,26,28). The van der Waals surface area contributed by atoms with Crippen LogP contribution in [0.2, 0.25) is 5.02 Å². The zero-order valence-corrected chi connectivity index (χ0v) is 17.7. The van der Waals surface area contributed by atoms with E-state index in [4.69, 9.17) is 21.1 Å². The summed E-state index contributed by atoms with van der Waals surface area (Å²) in [7, 11) is 0. The van der Waals surface area contributed by atoms with E-state index in [0.29, 0.717) is 6.61 Å². The Morgan fingerprint density at radius 2 is 1.83 bits per heavy atom. The van der Waals surface area contributed by atoms with Crippen LogP contribution in [0.1, 0.15) is 50.5 Å². The molecule has 5 nitrogen and oxygen atoms in total. The number of alkyl halides is 3. The van der Waals surface area contributed by atoms with E-state index < -0.39 is 29.5 Å². The zero-order valence-electron chi connectivity index (χ0n) is 16.9. The molecule has 0 aliphatic heterocycles. The van der Waals surface area contributed by atoms with Gasteiger partial charge >= 0.3 is 12.3 Å². The number of rotatable bonds is 5. The van der Waals surface area contributed by atoms with Crippen molar-refractivity contribution in [2.45, 2.75) is 45.6 Å². The van der Waals surface area contributed by atoms with Crippen LogP contribution < -0.4 is 10.1 Å². The summed E-state index contributed by atoms with van der Waals surface area (Å²) < 4.78 is 50.3. The Morgan fingerprint density at radius 3 is 2.40 bits per heavy atom.